The van der Waals surface area contributed by atoms with Crippen LogP contribution in [0.1, 0.15) is 6.92 Å². The van der Waals surface area contributed by atoms with Crippen molar-refractivity contribution in [2.24, 2.45) is 0 Å². The Labute approximate surface area is 128 Å². The van der Waals surface area contributed by atoms with E-state index in [0.29, 0.717) is 28.8 Å². The summed E-state index contributed by atoms with van der Waals surface area (Å²) in [6.07, 6.45) is -3.44. The summed E-state index contributed by atoms with van der Waals surface area (Å²) in [7, 11) is 0. The van der Waals surface area contributed by atoms with Crippen LogP contribution in [0, 0.1) is 0 Å². The van der Waals surface area contributed by atoms with Gasteiger partial charge in [0.25, 0.3) is 0 Å². The fourth-order valence-corrected chi connectivity index (χ4v) is 2.29. The van der Waals surface area contributed by atoms with E-state index in [1.807, 2.05) is 6.92 Å². The zero-order valence-corrected chi connectivity index (χ0v) is 12.0. The highest BCUT2D eigenvalue weighted by atomic mass is 19.4. The Morgan fingerprint density at radius 2 is 2.04 bits per heavy atom. The van der Waals surface area contributed by atoms with Crippen molar-refractivity contribution in [3.05, 3.63) is 30.6 Å². The van der Waals surface area contributed by atoms with Gasteiger partial charge in [0.2, 0.25) is 0 Å². The first-order valence-electron chi connectivity index (χ1n) is 6.72. The minimum atomic E-state index is -4.76. The number of anilines is 1. The molecular formula is C14H12F3N5O. The fraction of sp³-hybridized carbons (Fsp3) is 0.214. The lowest BCUT2D eigenvalue weighted by molar-refractivity contribution is -0.274. The maximum absolute atomic E-state index is 12.4. The Kier molecular flexibility index (Phi) is 3.55. The van der Waals surface area contributed by atoms with Gasteiger partial charge in [-0.2, -0.15) is 5.10 Å². The number of aryl methyl sites for hydroxylation is 1. The van der Waals surface area contributed by atoms with Gasteiger partial charge in [0.15, 0.2) is 5.65 Å². The van der Waals surface area contributed by atoms with E-state index in [2.05, 4.69) is 19.8 Å². The van der Waals surface area contributed by atoms with Crippen LogP contribution in [0.2, 0.25) is 0 Å². The molecule has 0 amide bonds. The lowest BCUT2D eigenvalue weighted by atomic mass is 10.1. The number of hydrogen-bond donors (Lipinski definition) is 1. The Morgan fingerprint density at radius 3 is 2.74 bits per heavy atom. The molecule has 23 heavy (non-hydrogen) atoms. The van der Waals surface area contributed by atoms with Gasteiger partial charge in [-0.1, -0.05) is 12.1 Å². The molecular weight excluding hydrogens is 311 g/mol. The van der Waals surface area contributed by atoms with Gasteiger partial charge in [-0.3, -0.25) is 0 Å². The Balaban J connectivity index is 2.16. The first-order chi connectivity index (χ1) is 10.9. The van der Waals surface area contributed by atoms with Crippen LogP contribution < -0.4 is 10.5 Å². The van der Waals surface area contributed by atoms with Crippen LogP contribution in [0.5, 0.6) is 5.75 Å². The molecule has 0 spiro atoms. The number of hydrogen-bond acceptors (Lipinski definition) is 5. The van der Waals surface area contributed by atoms with E-state index in [-0.39, 0.29) is 11.6 Å². The third-order valence-electron chi connectivity index (χ3n) is 3.20. The van der Waals surface area contributed by atoms with Gasteiger partial charge in [0.1, 0.15) is 23.6 Å². The first-order valence-corrected chi connectivity index (χ1v) is 6.72. The molecule has 0 fully saturated rings. The first kappa shape index (κ1) is 15.1. The van der Waals surface area contributed by atoms with Crippen LogP contribution in [0.3, 0.4) is 0 Å². The maximum atomic E-state index is 12.4. The minimum absolute atomic E-state index is 0.215. The van der Waals surface area contributed by atoms with Gasteiger partial charge in [-0.05, 0) is 19.1 Å². The predicted molar refractivity (Wildman–Crippen MR) is 77.5 cm³/mol. The van der Waals surface area contributed by atoms with Crippen molar-refractivity contribution >= 4 is 16.9 Å². The molecule has 0 atom stereocenters. The second-order valence-corrected chi connectivity index (χ2v) is 4.70. The molecule has 0 unspecified atom stereocenters. The van der Waals surface area contributed by atoms with Crippen molar-refractivity contribution in [2.45, 2.75) is 19.8 Å². The van der Waals surface area contributed by atoms with E-state index in [1.54, 1.807) is 10.7 Å². The number of nitrogens with two attached hydrogens (primary N) is 1. The number of aromatic nitrogens is 4. The lowest BCUT2D eigenvalue weighted by Crippen LogP contribution is -2.17. The molecule has 0 saturated carbocycles. The molecule has 2 N–H and O–H groups in total. The van der Waals surface area contributed by atoms with Crippen LogP contribution in [-0.4, -0.2) is 26.1 Å². The summed E-state index contributed by atoms with van der Waals surface area (Å²) >= 11 is 0. The summed E-state index contributed by atoms with van der Waals surface area (Å²) in [5.41, 5.74) is 7.26. The monoisotopic (exact) mass is 323 g/mol. The van der Waals surface area contributed by atoms with Gasteiger partial charge in [0, 0.05) is 12.1 Å². The second-order valence-electron chi connectivity index (χ2n) is 4.70. The largest absolute Gasteiger partial charge is 0.573 e. The number of nitrogens with zero attached hydrogens (tertiary/aromatic N) is 4. The lowest BCUT2D eigenvalue weighted by Gasteiger charge is -2.09. The molecule has 0 aliphatic heterocycles. The molecule has 0 radical (unpaired) electrons. The van der Waals surface area contributed by atoms with Gasteiger partial charge in [0.05, 0.1) is 5.39 Å². The van der Waals surface area contributed by atoms with Gasteiger partial charge in [-0.25, -0.2) is 14.6 Å². The topological polar surface area (TPSA) is 78.9 Å². The van der Waals surface area contributed by atoms with Crippen molar-refractivity contribution in [3.63, 3.8) is 0 Å². The molecule has 0 aliphatic rings. The second kappa shape index (κ2) is 5.41. The Bertz CT molecular complexity index is 859. The molecule has 6 nitrogen and oxygen atoms in total. The third kappa shape index (κ3) is 2.89. The van der Waals surface area contributed by atoms with E-state index < -0.39 is 6.36 Å². The summed E-state index contributed by atoms with van der Waals surface area (Å²) in [5, 5.41) is 4.87. The number of halogens is 3. The number of rotatable bonds is 3. The number of nitrogen functional groups attached to an aromatic ring is 1. The Morgan fingerprint density at radius 1 is 1.26 bits per heavy atom. The van der Waals surface area contributed by atoms with Crippen LogP contribution in [0.15, 0.2) is 30.6 Å². The summed E-state index contributed by atoms with van der Waals surface area (Å²) in [4.78, 5) is 8.06. The van der Waals surface area contributed by atoms with Crippen molar-refractivity contribution < 1.29 is 17.9 Å². The van der Waals surface area contributed by atoms with E-state index in [0.717, 1.165) is 0 Å². The molecule has 120 valence electrons. The highest BCUT2D eigenvalue weighted by molar-refractivity contribution is 5.98. The number of benzene rings is 1. The van der Waals surface area contributed by atoms with Gasteiger partial charge >= 0.3 is 6.36 Å². The van der Waals surface area contributed by atoms with Crippen LogP contribution in [-0.2, 0) is 6.54 Å². The smallest absolute Gasteiger partial charge is 0.406 e. The van der Waals surface area contributed by atoms with Crippen LogP contribution in [0.25, 0.3) is 22.3 Å². The quantitative estimate of drug-likeness (QED) is 0.801. The van der Waals surface area contributed by atoms with E-state index >= 15 is 0 Å². The average Bonchev–Trinajstić information content (AvgIpc) is 2.86. The summed E-state index contributed by atoms with van der Waals surface area (Å²) in [6.45, 7) is 2.41. The standard InChI is InChI=1S/C14H12F3N5O/c1-2-22-13-10(12(18)19-7-20-13)11(21-22)8-4-3-5-9(6-8)23-14(15,16)17/h3-7H,2H2,1H3,(H2,18,19,20). The van der Waals surface area contributed by atoms with E-state index in [9.17, 15) is 13.2 Å². The maximum Gasteiger partial charge on any atom is 0.573 e. The third-order valence-corrected chi connectivity index (χ3v) is 3.20. The van der Waals surface area contributed by atoms with Gasteiger partial charge < -0.3 is 10.5 Å². The summed E-state index contributed by atoms with van der Waals surface area (Å²) < 4.78 is 42.7. The molecule has 0 aliphatic carbocycles. The molecule has 3 aromatic rings. The molecule has 9 heteroatoms. The van der Waals surface area contributed by atoms with E-state index in [1.165, 1.54) is 24.5 Å². The normalized spacial score (nSPS) is 11.8. The molecule has 1 aromatic carbocycles. The SMILES string of the molecule is CCn1nc(-c2cccc(OC(F)(F)F)c2)c2c(N)ncnc21. The average molecular weight is 323 g/mol. The van der Waals surface area contributed by atoms with Crippen molar-refractivity contribution in [1.82, 2.24) is 19.7 Å². The zero-order chi connectivity index (χ0) is 16.6. The zero-order valence-electron chi connectivity index (χ0n) is 12.0. The van der Waals surface area contributed by atoms with Crippen LogP contribution >= 0.6 is 0 Å². The molecule has 2 aromatic heterocycles. The van der Waals surface area contributed by atoms with Crippen molar-refractivity contribution in [3.8, 4) is 17.0 Å². The minimum Gasteiger partial charge on any atom is -0.406 e. The highest BCUT2D eigenvalue weighted by Gasteiger charge is 2.31. The fourth-order valence-electron chi connectivity index (χ4n) is 2.29. The summed E-state index contributed by atoms with van der Waals surface area (Å²) in [6, 6.07) is 5.54. The predicted octanol–water partition coefficient (Wildman–Crippen LogP) is 2.99. The summed E-state index contributed by atoms with van der Waals surface area (Å²) in [5.74, 6) is -0.114. The number of alkyl halides is 3. The van der Waals surface area contributed by atoms with E-state index in [4.69, 9.17) is 5.73 Å². The molecule has 3 rings (SSSR count). The number of fused-ring (bicyclic) bond motifs is 1. The van der Waals surface area contributed by atoms with Crippen molar-refractivity contribution in [2.75, 3.05) is 5.73 Å². The van der Waals surface area contributed by atoms with Gasteiger partial charge in [-0.15, -0.1) is 13.2 Å². The molecule has 2 heterocycles. The Hall–Kier alpha value is -2.84. The molecule has 0 saturated heterocycles. The van der Waals surface area contributed by atoms with Crippen molar-refractivity contribution in [1.29, 1.82) is 0 Å². The highest BCUT2D eigenvalue weighted by Crippen LogP contribution is 2.33. The number of ether oxygens (including phenoxy) is 1. The molecule has 0 bridgehead atoms. The van der Waals surface area contributed by atoms with Crippen LogP contribution in [0.4, 0.5) is 19.0 Å².